The van der Waals surface area contributed by atoms with E-state index in [1.807, 2.05) is 6.07 Å². The molecule has 2 atom stereocenters. The van der Waals surface area contributed by atoms with Crippen LogP contribution in [0.4, 0.5) is 13.2 Å². The Hall–Kier alpha value is -1.07. The van der Waals surface area contributed by atoms with Crippen LogP contribution in [0.1, 0.15) is 43.9 Å². The maximum atomic E-state index is 13.0. The summed E-state index contributed by atoms with van der Waals surface area (Å²) in [5, 5.41) is 3.31. The molecule has 22 heavy (non-hydrogen) atoms. The first-order valence-corrected chi connectivity index (χ1v) is 8.05. The monoisotopic (exact) mass is 314 g/mol. The van der Waals surface area contributed by atoms with Gasteiger partial charge in [-0.2, -0.15) is 13.2 Å². The van der Waals surface area contributed by atoms with Crippen LogP contribution in [0.15, 0.2) is 24.3 Å². The molecule has 1 aliphatic heterocycles. The van der Waals surface area contributed by atoms with Crippen LogP contribution in [-0.2, 0) is 6.18 Å². The minimum Gasteiger partial charge on any atom is -0.314 e. The summed E-state index contributed by atoms with van der Waals surface area (Å²) in [4.78, 5) is 2.33. The summed E-state index contributed by atoms with van der Waals surface area (Å²) in [6, 6.07) is 5.92. The highest BCUT2D eigenvalue weighted by Gasteiger charge is 2.33. The molecule has 5 heteroatoms. The van der Waals surface area contributed by atoms with Gasteiger partial charge in [0.15, 0.2) is 0 Å². The molecule has 124 valence electrons. The van der Waals surface area contributed by atoms with Crippen LogP contribution in [-0.4, -0.2) is 31.1 Å². The lowest BCUT2D eigenvalue weighted by Gasteiger charge is -2.39. The van der Waals surface area contributed by atoms with Crippen molar-refractivity contribution >= 4 is 0 Å². The fraction of sp³-hybridized carbons (Fsp3) is 0.647. The van der Waals surface area contributed by atoms with Gasteiger partial charge in [-0.1, -0.05) is 32.4 Å². The second kappa shape index (κ2) is 7.47. The predicted octanol–water partition coefficient (Wildman–Crippen LogP) is 4.09. The summed E-state index contributed by atoms with van der Waals surface area (Å²) in [6.45, 7) is 7.83. The largest absolute Gasteiger partial charge is 0.416 e. The fourth-order valence-corrected chi connectivity index (χ4v) is 3.37. The zero-order chi connectivity index (χ0) is 16.2. The number of piperazine rings is 1. The van der Waals surface area contributed by atoms with Crippen LogP contribution >= 0.6 is 0 Å². The molecule has 1 unspecified atom stereocenters. The van der Waals surface area contributed by atoms with E-state index in [1.54, 1.807) is 0 Å². The number of hydrogen-bond acceptors (Lipinski definition) is 2. The van der Waals surface area contributed by atoms with Crippen molar-refractivity contribution in [2.75, 3.05) is 26.2 Å². The van der Waals surface area contributed by atoms with E-state index >= 15 is 0 Å². The number of rotatable bonds is 5. The molecule has 0 bridgehead atoms. The van der Waals surface area contributed by atoms with Crippen LogP contribution in [0.25, 0.3) is 0 Å². The maximum absolute atomic E-state index is 13.0. The Kier molecular flexibility index (Phi) is 5.87. The molecule has 2 rings (SSSR count). The highest BCUT2D eigenvalue weighted by molar-refractivity contribution is 5.28. The van der Waals surface area contributed by atoms with Gasteiger partial charge >= 0.3 is 6.18 Å². The van der Waals surface area contributed by atoms with Crippen molar-refractivity contribution < 1.29 is 13.2 Å². The van der Waals surface area contributed by atoms with E-state index in [0.29, 0.717) is 5.92 Å². The third-order valence-electron chi connectivity index (χ3n) is 4.38. The van der Waals surface area contributed by atoms with Gasteiger partial charge in [-0.15, -0.1) is 0 Å². The Morgan fingerprint density at radius 2 is 1.91 bits per heavy atom. The van der Waals surface area contributed by atoms with Crippen LogP contribution in [0.2, 0.25) is 0 Å². The number of hydrogen-bond donors (Lipinski definition) is 1. The molecule has 1 aliphatic rings. The van der Waals surface area contributed by atoms with Crippen molar-refractivity contribution in [1.82, 2.24) is 10.2 Å². The van der Waals surface area contributed by atoms with E-state index in [9.17, 15) is 13.2 Å². The Morgan fingerprint density at radius 3 is 2.50 bits per heavy atom. The molecule has 0 amide bonds. The average molecular weight is 314 g/mol. The van der Waals surface area contributed by atoms with Gasteiger partial charge in [0, 0.05) is 32.2 Å². The summed E-state index contributed by atoms with van der Waals surface area (Å²) >= 11 is 0. The summed E-state index contributed by atoms with van der Waals surface area (Å²) in [6.07, 6.45) is -2.22. The van der Waals surface area contributed by atoms with Gasteiger partial charge in [0.1, 0.15) is 0 Å². The smallest absolute Gasteiger partial charge is 0.314 e. The summed E-state index contributed by atoms with van der Waals surface area (Å²) < 4.78 is 39.0. The molecule has 0 aliphatic carbocycles. The molecule has 1 aromatic rings. The lowest BCUT2D eigenvalue weighted by molar-refractivity contribution is -0.137. The second-order valence-electron chi connectivity index (χ2n) is 6.12. The number of nitrogens with one attached hydrogen (secondary N) is 1. The molecule has 0 radical (unpaired) electrons. The predicted molar refractivity (Wildman–Crippen MR) is 82.7 cm³/mol. The number of nitrogens with zero attached hydrogens (tertiary/aromatic N) is 1. The van der Waals surface area contributed by atoms with Crippen LogP contribution in [0.3, 0.4) is 0 Å². The molecular weight excluding hydrogens is 289 g/mol. The summed E-state index contributed by atoms with van der Waals surface area (Å²) in [5.41, 5.74) is 0.242. The highest BCUT2D eigenvalue weighted by Crippen LogP contribution is 2.35. The maximum Gasteiger partial charge on any atom is 0.416 e. The molecule has 2 nitrogen and oxygen atoms in total. The molecule has 1 aromatic carbocycles. The minimum absolute atomic E-state index is 0.0596. The Bertz CT molecular complexity index is 467. The van der Waals surface area contributed by atoms with E-state index in [1.165, 1.54) is 12.1 Å². The van der Waals surface area contributed by atoms with Crippen molar-refractivity contribution in [3.63, 3.8) is 0 Å². The summed E-state index contributed by atoms with van der Waals surface area (Å²) in [5.74, 6) is 0.339. The SMILES string of the molecule is CCCC(C)[C@H](c1cccc(C(F)(F)F)c1)N1CCNCC1. The van der Waals surface area contributed by atoms with E-state index in [-0.39, 0.29) is 6.04 Å². The first kappa shape index (κ1) is 17.3. The van der Waals surface area contributed by atoms with Crippen molar-refractivity contribution in [3.8, 4) is 0 Å². The lowest BCUT2D eigenvalue weighted by Crippen LogP contribution is -2.46. The number of alkyl halides is 3. The van der Waals surface area contributed by atoms with E-state index in [0.717, 1.165) is 50.7 Å². The van der Waals surface area contributed by atoms with E-state index in [4.69, 9.17) is 0 Å². The molecule has 0 spiro atoms. The topological polar surface area (TPSA) is 15.3 Å². The Balaban J connectivity index is 2.31. The van der Waals surface area contributed by atoms with Gasteiger partial charge in [-0.25, -0.2) is 0 Å². The van der Waals surface area contributed by atoms with Crippen LogP contribution < -0.4 is 5.32 Å². The molecular formula is C17H25F3N2. The first-order chi connectivity index (χ1) is 10.4. The van der Waals surface area contributed by atoms with Gasteiger partial charge < -0.3 is 5.32 Å². The lowest BCUT2D eigenvalue weighted by atomic mass is 9.88. The van der Waals surface area contributed by atoms with Crippen molar-refractivity contribution in [1.29, 1.82) is 0 Å². The van der Waals surface area contributed by atoms with Crippen molar-refractivity contribution in [3.05, 3.63) is 35.4 Å². The molecule has 1 fully saturated rings. The zero-order valence-corrected chi connectivity index (χ0v) is 13.3. The average Bonchev–Trinajstić information content (AvgIpc) is 2.48. The van der Waals surface area contributed by atoms with Crippen molar-refractivity contribution in [2.45, 2.75) is 38.9 Å². The third-order valence-corrected chi connectivity index (χ3v) is 4.38. The highest BCUT2D eigenvalue weighted by atomic mass is 19.4. The quantitative estimate of drug-likeness (QED) is 0.880. The standard InChI is InChI=1S/C17H25F3N2/c1-3-5-13(2)16(22-10-8-21-9-11-22)14-6-4-7-15(12-14)17(18,19)20/h4,6-7,12-13,16,21H,3,5,8-11H2,1-2H3/t13?,16-/m1/s1. The third kappa shape index (κ3) is 4.23. The number of benzene rings is 1. The molecule has 0 saturated carbocycles. The fourth-order valence-electron chi connectivity index (χ4n) is 3.37. The van der Waals surface area contributed by atoms with E-state index in [2.05, 4.69) is 24.1 Å². The zero-order valence-electron chi connectivity index (χ0n) is 13.3. The van der Waals surface area contributed by atoms with Gasteiger partial charge in [-0.05, 0) is 30.0 Å². The van der Waals surface area contributed by atoms with Crippen molar-refractivity contribution in [2.24, 2.45) is 5.92 Å². The van der Waals surface area contributed by atoms with E-state index < -0.39 is 11.7 Å². The number of halogens is 3. The van der Waals surface area contributed by atoms with Gasteiger partial charge in [0.25, 0.3) is 0 Å². The minimum atomic E-state index is -4.28. The normalized spacial score (nSPS) is 19.9. The van der Waals surface area contributed by atoms with Gasteiger partial charge in [0.05, 0.1) is 5.56 Å². The molecule has 1 saturated heterocycles. The van der Waals surface area contributed by atoms with Crippen LogP contribution in [0, 0.1) is 5.92 Å². The van der Waals surface area contributed by atoms with Crippen LogP contribution in [0.5, 0.6) is 0 Å². The summed E-state index contributed by atoms with van der Waals surface area (Å²) in [7, 11) is 0. The van der Waals surface area contributed by atoms with Gasteiger partial charge in [-0.3, -0.25) is 4.90 Å². The van der Waals surface area contributed by atoms with Gasteiger partial charge in [0.2, 0.25) is 0 Å². The Morgan fingerprint density at radius 1 is 1.23 bits per heavy atom. The first-order valence-electron chi connectivity index (χ1n) is 8.05. The molecule has 0 aromatic heterocycles. The molecule has 1 N–H and O–H groups in total. The molecule has 1 heterocycles. The Labute approximate surface area is 130 Å². The second-order valence-corrected chi connectivity index (χ2v) is 6.12.